The topological polar surface area (TPSA) is 73.0 Å². The number of amides is 1. The van der Waals surface area contributed by atoms with Gasteiger partial charge in [-0.15, -0.1) is 0 Å². The molecule has 112 valence electrons. The number of carbonyl (C=O) groups is 1. The summed E-state index contributed by atoms with van der Waals surface area (Å²) in [5.41, 5.74) is 1.74. The van der Waals surface area contributed by atoms with E-state index in [1.165, 1.54) is 0 Å². The average molecular weight is 317 g/mol. The van der Waals surface area contributed by atoms with Crippen LogP contribution in [0.3, 0.4) is 0 Å². The van der Waals surface area contributed by atoms with E-state index in [0.717, 1.165) is 5.56 Å². The predicted octanol–water partition coefficient (Wildman–Crippen LogP) is 3.46. The van der Waals surface area contributed by atoms with Crippen LogP contribution in [0.15, 0.2) is 47.2 Å². The average Bonchev–Trinajstić information content (AvgIpc) is 3.17. The zero-order valence-electron chi connectivity index (χ0n) is 11.8. The van der Waals surface area contributed by atoms with Gasteiger partial charge in [0.25, 0.3) is 5.91 Å². The van der Waals surface area contributed by atoms with Gasteiger partial charge in [-0.05, 0) is 31.2 Å². The maximum Gasteiger partial charge on any atom is 0.277 e. The number of hydrogen-bond donors (Lipinski definition) is 1. The van der Waals surface area contributed by atoms with Crippen molar-refractivity contribution in [3.05, 3.63) is 53.4 Å². The van der Waals surface area contributed by atoms with E-state index >= 15 is 0 Å². The van der Waals surface area contributed by atoms with Gasteiger partial charge in [0.15, 0.2) is 11.5 Å². The van der Waals surface area contributed by atoms with Crippen molar-refractivity contribution in [1.82, 2.24) is 14.9 Å². The molecule has 0 unspecified atom stereocenters. The molecule has 0 aliphatic heterocycles. The second-order valence-electron chi connectivity index (χ2n) is 4.59. The Hall–Kier alpha value is -2.60. The quantitative estimate of drug-likeness (QED) is 0.800. The molecule has 22 heavy (non-hydrogen) atoms. The van der Waals surface area contributed by atoms with E-state index in [2.05, 4.69) is 15.6 Å². The highest BCUT2D eigenvalue weighted by atomic mass is 35.5. The highest BCUT2D eigenvalue weighted by Crippen LogP contribution is 2.21. The van der Waals surface area contributed by atoms with Crippen LogP contribution in [0.5, 0.6) is 0 Å². The molecule has 0 radical (unpaired) electrons. The smallest absolute Gasteiger partial charge is 0.277 e. The molecule has 3 aromatic rings. The first-order chi connectivity index (χ1) is 10.7. The van der Waals surface area contributed by atoms with Crippen molar-refractivity contribution >= 4 is 23.2 Å². The first-order valence-electron chi connectivity index (χ1n) is 6.73. The number of aromatic nitrogens is 3. The fourth-order valence-corrected chi connectivity index (χ4v) is 2.22. The monoisotopic (exact) mass is 316 g/mol. The Balaban J connectivity index is 1.75. The van der Waals surface area contributed by atoms with Crippen molar-refractivity contribution in [2.45, 2.75) is 13.5 Å². The lowest BCUT2D eigenvalue weighted by Gasteiger charge is -2.04. The third-order valence-corrected chi connectivity index (χ3v) is 3.40. The maximum atomic E-state index is 12.2. The molecule has 0 saturated carbocycles. The SMILES string of the molecule is CCn1cc(Cl)c(C(=O)Nc2ccc(-c3ccno3)cc2)n1. The van der Waals surface area contributed by atoms with E-state index in [-0.39, 0.29) is 11.6 Å². The number of hydrogen-bond acceptors (Lipinski definition) is 4. The molecule has 0 aliphatic rings. The van der Waals surface area contributed by atoms with E-state index in [1.54, 1.807) is 35.3 Å². The number of anilines is 1. The highest BCUT2D eigenvalue weighted by molar-refractivity contribution is 6.34. The van der Waals surface area contributed by atoms with Crippen LogP contribution in [0.1, 0.15) is 17.4 Å². The molecule has 2 heterocycles. The lowest BCUT2D eigenvalue weighted by atomic mass is 10.1. The van der Waals surface area contributed by atoms with Crippen molar-refractivity contribution in [1.29, 1.82) is 0 Å². The second kappa shape index (κ2) is 6.03. The lowest BCUT2D eigenvalue weighted by molar-refractivity contribution is 0.102. The molecule has 0 atom stereocenters. The fourth-order valence-electron chi connectivity index (χ4n) is 1.99. The number of nitrogens with one attached hydrogen (secondary N) is 1. The Kier molecular flexibility index (Phi) is 3.93. The molecule has 1 aromatic carbocycles. The number of carbonyl (C=O) groups excluding carboxylic acids is 1. The largest absolute Gasteiger partial charge is 0.356 e. The summed E-state index contributed by atoms with van der Waals surface area (Å²) in [5.74, 6) is 0.326. The Morgan fingerprint density at radius 3 is 2.68 bits per heavy atom. The van der Waals surface area contributed by atoms with Crippen LogP contribution in [0.25, 0.3) is 11.3 Å². The highest BCUT2D eigenvalue weighted by Gasteiger charge is 2.15. The van der Waals surface area contributed by atoms with Gasteiger partial charge < -0.3 is 9.84 Å². The number of aryl methyl sites for hydroxylation is 1. The zero-order valence-corrected chi connectivity index (χ0v) is 12.5. The summed E-state index contributed by atoms with van der Waals surface area (Å²) in [6, 6.07) is 9.00. The van der Waals surface area contributed by atoms with E-state index < -0.39 is 0 Å². The van der Waals surface area contributed by atoms with Crippen molar-refractivity contribution in [2.24, 2.45) is 0 Å². The van der Waals surface area contributed by atoms with Crippen molar-refractivity contribution in [3.63, 3.8) is 0 Å². The lowest BCUT2D eigenvalue weighted by Crippen LogP contribution is -2.13. The third-order valence-electron chi connectivity index (χ3n) is 3.12. The van der Waals surface area contributed by atoms with E-state index in [9.17, 15) is 4.79 Å². The van der Waals surface area contributed by atoms with Crippen LogP contribution in [0, 0.1) is 0 Å². The summed E-state index contributed by atoms with van der Waals surface area (Å²) in [4.78, 5) is 12.2. The Bertz CT molecular complexity index is 778. The zero-order chi connectivity index (χ0) is 15.5. The normalized spacial score (nSPS) is 10.6. The molecule has 0 saturated heterocycles. The minimum absolute atomic E-state index is 0.211. The van der Waals surface area contributed by atoms with Gasteiger partial charge in [0.1, 0.15) is 0 Å². The first-order valence-corrected chi connectivity index (χ1v) is 7.10. The fraction of sp³-hybridized carbons (Fsp3) is 0.133. The molecule has 0 aliphatic carbocycles. The predicted molar refractivity (Wildman–Crippen MR) is 82.8 cm³/mol. The molecule has 1 N–H and O–H groups in total. The maximum absolute atomic E-state index is 12.2. The number of halogens is 1. The Morgan fingerprint density at radius 2 is 2.09 bits per heavy atom. The van der Waals surface area contributed by atoms with Crippen LogP contribution in [0.2, 0.25) is 5.02 Å². The molecule has 1 amide bonds. The van der Waals surface area contributed by atoms with Gasteiger partial charge in [0, 0.05) is 30.1 Å². The molecular weight excluding hydrogens is 304 g/mol. The summed E-state index contributed by atoms with van der Waals surface area (Å²) >= 11 is 6.01. The van der Waals surface area contributed by atoms with Crippen molar-refractivity contribution in [2.75, 3.05) is 5.32 Å². The molecule has 3 rings (SSSR count). The molecule has 6 nitrogen and oxygen atoms in total. The third kappa shape index (κ3) is 2.87. The Morgan fingerprint density at radius 1 is 1.32 bits per heavy atom. The molecule has 0 spiro atoms. The standard InChI is InChI=1S/C15H13ClN4O2/c1-2-20-9-12(16)14(19-20)15(21)18-11-5-3-10(4-6-11)13-7-8-17-22-13/h3-9H,2H2,1H3,(H,18,21). The van der Waals surface area contributed by atoms with Gasteiger partial charge in [-0.25, -0.2) is 0 Å². The minimum Gasteiger partial charge on any atom is -0.356 e. The summed E-state index contributed by atoms with van der Waals surface area (Å²) in [7, 11) is 0. The molecule has 0 fully saturated rings. The van der Waals surface area contributed by atoms with Gasteiger partial charge in [-0.1, -0.05) is 16.8 Å². The summed E-state index contributed by atoms with van der Waals surface area (Å²) in [6.45, 7) is 2.58. The van der Waals surface area contributed by atoms with Crippen molar-refractivity contribution in [3.8, 4) is 11.3 Å². The van der Waals surface area contributed by atoms with Gasteiger partial charge in [-0.3, -0.25) is 9.48 Å². The van der Waals surface area contributed by atoms with Crippen LogP contribution < -0.4 is 5.32 Å². The van der Waals surface area contributed by atoms with E-state index in [1.807, 2.05) is 19.1 Å². The van der Waals surface area contributed by atoms with E-state index in [0.29, 0.717) is 23.0 Å². The van der Waals surface area contributed by atoms with Crippen LogP contribution >= 0.6 is 11.6 Å². The Labute approximate surface area is 131 Å². The summed E-state index contributed by atoms with van der Waals surface area (Å²) in [5, 5.41) is 10.9. The van der Waals surface area contributed by atoms with E-state index in [4.69, 9.17) is 16.1 Å². The number of rotatable bonds is 4. The minimum atomic E-state index is -0.343. The van der Waals surface area contributed by atoms with Crippen LogP contribution in [0.4, 0.5) is 5.69 Å². The number of benzene rings is 1. The molecule has 2 aromatic heterocycles. The van der Waals surface area contributed by atoms with Crippen molar-refractivity contribution < 1.29 is 9.32 Å². The van der Waals surface area contributed by atoms with Gasteiger partial charge in [-0.2, -0.15) is 5.10 Å². The molecule has 7 heteroatoms. The van der Waals surface area contributed by atoms with Gasteiger partial charge >= 0.3 is 0 Å². The van der Waals surface area contributed by atoms with Crippen LogP contribution in [-0.4, -0.2) is 20.8 Å². The van der Waals surface area contributed by atoms with Gasteiger partial charge in [0.2, 0.25) is 0 Å². The van der Waals surface area contributed by atoms with Crippen LogP contribution in [-0.2, 0) is 6.54 Å². The summed E-state index contributed by atoms with van der Waals surface area (Å²) in [6.07, 6.45) is 3.21. The van der Waals surface area contributed by atoms with Gasteiger partial charge in [0.05, 0.1) is 11.2 Å². The molecule has 0 bridgehead atoms. The molecular formula is C15H13ClN4O2. The number of nitrogens with zero attached hydrogens (tertiary/aromatic N) is 3. The first kappa shape index (κ1) is 14.3. The summed E-state index contributed by atoms with van der Waals surface area (Å²) < 4.78 is 6.69. The second-order valence-corrected chi connectivity index (χ2v) is 5.00.